The molecule has 0 aromatic heterocycles. The first kappa shape index (κ1) is 21.1. The molecular weight excluding hydrogens is 373 g/mol. The van der Waals surface area contributed by atoms with Gasteiger partial charge < -0.3 is 10.0 Å². The van der Waals surface area contributed by atoms with Crippen LogP contribution in [0, 0.1) is 0 Å². The minimum atomic E-state index is -0.931. The number of benzene rings is 1. The first-order valence-electron chi connectivity index (χ1n) is 7.91. The summed E-state index contributed by atoms with van der Waals surface area (Å²) in [5, 5.41) is 9.98. The van der Waals surface area contributed by atoms with E-state index in [2.05, 4.69) is 0 Å². The molecule has 1 atom stereocenters. The molecule has 0 bridgehead atoms. The van der Waals surface area contributed by atoms with E-state index in [-0.39, 0.29) is 28.3 Å². The standard InChI is InChI=1S/C17H22Cl3NO3/c1-4-6-7-21(10(3)22)17-13(19)9-12(18)15(16(17)20)11(5-2)8-14(23)24/h9,11H,4-8H2,1-3H3,(H,23,24). The predicted molar refractivity (Wildman–Crippen MR) is 99.7 cm³/mol. The van der Waals surface area contributed by atoms with E-state index in [9.17, 15) is 9.59 Å². The summed E-state index contributed by atoms with van der Waals surface area (Å²) in [6.45, 7) is 5.83. The molecule has 0 heterocycles. The molecule has 1 aromatic rings. The molecular formula is C17H22Cl3NO3. The van der Waals surface area contributed by atoms with Crippen LogP contribution in [-0.4, -0.2) is 23.5 Å². The number of anilines is 1. The first-order valence-corrected chi connectivity index (χ1v) is 9.05. The SMILES string of the molecule is CCCCN(C(C)=O)c1c(Cl)cc(Cl)c(C(CC)CC(=O)O)c1Cl. The van der Waals surface area contributed by atoms with Crippen molar-refractivity contribution in [2.24, 2.45) is 0 Å². The maximum Gasteiger partial charge on any atom is 0.303 e. The number of carbonyl (C=O) groups is 2. The number of hydrogen-bond donors (Lipinski definition) is 1. The molecule has 0 aliphatic carbocycles. The van der Waals surface area contributed by atoms with Gasteiger partial charge in [0.1, 0.15) is 0 Å². The lowest BCUT2D eigenvalue weighted by molar-refractivity contribution is -0.137. The van der Waals surface area contributed by atoms with Crippen molar-refractivity contribution in [3.8, 4) is 0 Å². The van der Waals surface area contributed by atoms with E-state index in [0.717, 1.165) is 12.8 Å². The van der Waals surface area contributed by atoms with E-state index in [1.165, 1.54) is 17.9 Å². The molecule has 1 aromatic carbocycles. The number of halogens is 3. The van der Waals surface area contributed by atoms with Gasteiger partial charge in [0.25, 0.3) is 0 Å². The molecule has 0 radical (unpaired) electrons. The highest BCUT2D eigenvalue weighted by atomic mass is 35.5. The zero-order chi connectivity index (χ0) is 18.4. The molecule has 0 spiro atoms. The molecule has 0 aliphatic rings. The molecule has 1 rings (SSSR count). The molecule has 0 saturated heterocycles. The van der Waals surface area contributed by atoms with Crippen molar-refractivity contribution in [3.05, 3.63) is 26.7 Å². The molecule has 0 saturated carbocycles. The van der Waals surface area contributed by atoms with Crippen LogP contribution in [0.2, 0.25) is 15.1 Å². The summed E-state index contributed by atoms with van der Waals surface area (Å²) in [6, 6.07) is 1.53. The van der Waals surface area contributed by atoms with Crippen LogP contribution >= 0.6 is 34.8 Å². The minimum Gasteiger partial charge on any atom is -0.481 e. The van der Waals surface area contributed by atoms with Crippen molar-refractivity contribution in [1.29, 1.82) is 0 Å². The topological polar surface area (TPSA) is 57.6 Å². The summed E-state index contributed by atoms with van der Waals surface area (Å²) in [7, 11) is 0. The summed E-state index contributed by atoms with van der Waals surface area (Å²) < 4.78 is 0. The van der Waals surface area contributed by atoms with E-state index in [1.807, 2.05) is 13.8 Å². The van der Waals surface area contributed by atoms with E-state index in [4.69, 9.17) is 39.9 Å². The fourth-order valence-corrected chi connectivity index (χ4v) is 3.90. The quantitative estimate of drug-likeness (QED) is 0.609. The zero-order valence-corrected chi connectivity index (χ0v) is 16.3. The van der Waals surface area contributed by atoms with Crippen LogP contribution in [0.1, 0.15) is 57.9 Å². The lowest BCUT2D eigenvalue weighted by Gasteiger charge is -2.27. The highest BCUT2D eigenvalue weighted by Crippen LogP contribution is 2.45. The Bertz CT molecular complexity index is 620. The van der Waals surface area contributed by atoms with Crippen LogP contribution in [0.4, 0.5) is 5.69 Å². The number of unbranched alkanes of at least 4 members (excludes halogenated alkanes) is 1. The summed E-state index contributed by atoms with van der Waals surface area (Å²) in [5.41, 5.74) is 0.938. The number of nitrogens with zero attached hydrogens (tertiary/aromatic N) is 1. The van der Waals surface area contributed by atoms with E-state index >= 15 is 0 Å². The molecule has 134 valence electrons. The highest BCUT2D eigenvalue weighted by Gasteiger charge is 2.27. The highest BCUT2D eigenvalue weighted by molar-refractivity contribution is 6.43. The lowest BCUT2D eigenvalue weighted by atomic mass is 9.92. The Hall–Kier alpha value is -0.970. The first-order chi connectivity index (χ1) is 11.2. The van der Waals surface area contributed by atoms with Crippen molar-refractivity contribution in [2.45, 2.75) is 52.4 Å². The normalized spacial score (nSPS) is 12.1. The van der Waals surface area contributed by atoms with Crippen molar-refractivity contribution < 1.29 is 14.7 Å². The maximum absolute atomic E-state index is 12.0. The fourth-order valence-electron chi connectivity index (χ4n) is 2.62. The number of amides is 1. The maximum atomic E-state index is 12.0. The van der Waals surface area contributed by atoms with Gasteiger partial charge in [0.2, 0.25) is 5.91 Å². The van der Waals surface area contributed by atoms with E-state index in [0.29, 0.717) is 29.2 Å². The molecule has 24 heavy (non-hydrogen) atoms. The molecule has 1 N–H and O–H groups in total. The van der Waals surface area contributed by atoms with Gasteiger partial charge in [0, 0.05) is 18.5 Å². The lowest BCUT2D eigenvalue weighted by Crippen LogP contribution is -2.30. The Balaban J connectivity index is 3.48. The Morgan fingerprint density at radius 1 is 1.21 bits per heavy atom. The van der Waals surface area contributed by atoms with Crippen molar-refractivity contribution in [2.75, 3.05) is 11.4 Å². The van der Waals surface area contributed by atoms with Gasteiger partial charge in [-0.3, -0.25) is 9.59 Å². The number of aliphatic carboxylic acids is 1. The molecule has 4 nitrogen and oxygen atoms in total. The second kappa shape index (κ2) is 9.50. The molecule has 1 unspecified atom stereocenters. The second-order valence-electron chi connectivity index (χ2n) is 5.64. The Labute approximate surface area is 157 Å². The summed E-state index contributed by atoms with van der Waals surface area (Å²) in [4.78, 5) is 24.7. The van der Waals surface area contributed by atoms with Gasteiger partial charge in [-0.15, -0.1) is 0 Å². The average Bonchev–Trinajstić information content (AvgIpc) is 2.48. The van der Waals surface area contributed by atoms with Crippen LogP contribution in [0.3, 0.4) is 0 Å². The number of hydrogen-bond acceptors (Lipinski definition) is 2. The largest absolute Gasteiger partial charge is 0.481 e. The third kappa shape index (κ3) is 5.01. The van der Waals surface area contributed by atoms with Crippen LogP contribution in [-0.2, 0) is 9.59 Å². The van der Waals surface area contributed by atoms with Gasteiger partial charge in [-0.1, -0.05) is 55.1 Å². The van der Waals surface area contributed by atoms with Crippen LogP contribution in [0.15, 0.2) is 6.07 Å². The van der Waals surface area contributed by atoms with Gasteiger partial charge in [0.15, 0.2) is 0 Å². The third-order valence-corrected chi connectivity index (χ3v) is 4.87. The van der Waals surface area contributed by atoms with E-state index in [1.54, 1.807) is 0 Å². The van der Waals surface area contributed by atoms with Gasteiger partial charge in [-0.25, -0.2) is 0 Å². The minimum absolute atomic E-state index is 0.0912. The monoisotopic (exact) mass is 393 g/mol. The Morgan fingerprint density at radius 2 is 1.83 bits per heavy atom. The third-order valence-electron chi connectivity index (χ3n) is 3.89. The predicted octanol–water partition coefficient (Wildman–Crippen LogP) is 5.77. The number of carboxylic acids is 1. The molecule has 7 heteroatoms. The van der Waals surface area contributed by atoms with Crippen molar-refractivity contribution in [1.82, 2.24) is 0 Å². The summed E-state index contributed by atoms with van der Waals surface area (Å²) >= 11 is 19.1. The molecule has 1 amide bonds. The molecule has 0 fully saturated rings. The Morgan fingerprint density at radius 3 is 2.29 bits per heavy atom. The van der Waals surface area contributed by atoms with Crippen molar-refractivity contribution in [3.63, 3.8) is 0 Å². The van der Waals surface area contributed by atoms with Crippen LogP contribution in [0.25, 0.3) is 0 Å². The fraction of sp³-hybridized carbons (Fsp3) is 0.529. The zero-order valence-electron chi connectivity index (χ0n) is 14.0. The van der Waals surface area contributed by atoms with Gasteiger partial charge in [0.05, 0.1) is 22.2 Å². The Kier molecular flexibility index (Phi) is 8.34. The van der Waals surface area contributed by atoms with Gasteiger partial charge >= 0.3 is 5.97 Å². The van der Waals surface area contributed by atoms with Crippen LogP contribution < -0.4 is 4.90 Å². The van der Waals surface area contributed by atoms with Crippen LogP contribution in [0.5, 0.6) is 0 Å². The molecule has 0 aliphatic heterocycles. The summed E-state index contributed by atoms with van der Waals surface area (Å²) in [6.07, 6.45) is 2.18. The van der Waals surface area contributed by atoms with Gasteiger partial charge in [-0.05, 0) is 30.4 Å². The second-order valence-corrected chi connectivity index (χ2v) is 6.84. The van der Waals surface area contributed by atoms with E-state index < -0.39 is 5.97 Å². The number of carboxylic acid groups (broad SMARTS) is 1. The summed E-state index contributed by atoms with van der Waals surface area (Å²) in [5.74, 6) is -1.45. The number of rotatable bonds is 8. The average molecular weight is 395 g/mol. The van der Waals surface area contributed by atoms with Gasteiger partial charge in [-0.2, -0.15) is 0 Å². The smallest absolute Gasteiger partial charge is 0.303 e. The number of carbonyl (C=O) groups excluding carboxylic acids is 1. The van der Waals surface area contributed by atoms with Crippen molar-refractivity contribution >= 4 is 52.4 Å².